The molecule has 2 atom stereocenters. The molecule has 0 bridgehead atoms. The minimum Gasteiger partial charge on any atom is -0.457 e. The van der Waals surface area contributed by atoms with Crippen molar-refractivity contribution in [2.75, 3.05) is 5.32 Å². The van der Waals surface area contributed by atoms with Gasteiger partial charge in [0.25, 0.3) is 0 Å². The van der Waals surface area contributed by atoms with Gasteiger partial charge in [0.1, 0.15) is 29.2 Å². The standard InChI is InChI=1S/C25H33N3O6S/c1-15(2)20(28-24(32)34-25(4,5)6)22(30)26-16(3)21(29)27-19-13-12-18(35-19)23(31)33-14-17-10-8-7-9-11-17/h7-13,15-16,20H,14H2,1-6H3,(H,26,30)(H,27,29)(H,28,32)/t16-,20-/m0/s1. The molecule has 0 aliphatic carbocycles. The summed E-state index contributed by atoms with van der Waals surface area (Å²) in [4.78, 5) is 50.0. The summed E-state index contributed by atoms with van der Waals surface area (Å²) in [6, 6.07) is 10.7. The van der Waals surface area contributed by atoms with Gasteiger partial charge in [-0.05, 0) is 51.3 Å². The monoisotopic (exact) mass is 503 g/mol. The summed E-state index contributed by atoms with van der Waals surface area (Å²) in [7, 11) is 0. The summed E-state index contributed by atoms with van der Waals surface area (Å²) in [5, 5.41) is 8.28. The first-order chi connectivity index (χ1) is 16.4. The fourth-order valence-corrected chi connectivity index (χ4v) is 3.68. The topological polar surface area (TPSA) is 123 Å². The number of alkyl carbamates (subject to hydrolysis) is 1. The van der Waals surface area contributed by atoms with Gasteiger partial charge in [0.2, 0.25) is 11.8 Å². The highest BCUT2D eigenvalue weighted by Gasteiger charge is 2.29. The van der Waals surface area contributed by atoms with Crippen molar-refractivity contribution in [1.82, 2.24) is 10.6 Å². The van der Waals surface area contributed by atoms with Crippen molar-refractivity contribution in [3.05, 3.63) is 52.9 Å². The molecule has 3 N–H and O–H groups in total. The molecule has 0 spiro atoms. The third-order valence-electron chi connectivity index (χ3n) is 4.64. The lowest BCUT2D eigenvalue weighted by Gasteiger charge is -2.26. The van der Waals surface area contributed by atoms with Gasteiger partial charge in [-0.25, -0.2) is 9.59 Å². The summed E-state index contributed by atoms with van der Waals surface area (Å²) >= 11 is 1.07. The molecule has 0 fully saturated rings. The first kappa shape index (κ1) is 27.8. The van der Waals surface area contributed by atoms with Gasteiger partial charge in [-0.2, -0.15) is 0 Å². The van der Waals surface area contributed by atoms with Crippen molar-refractivity contribution < 1.29 is 28.7 Å². The van der Waals surface area contributed by atoms with E-state index in [4.69, 9.17) is 9.47 Å². The van der Waals surface area contributed by atoms with Crippen LogP contribution in [0.1, 0.15) is 56.8 Å². The maximum absolute atomic E-state index is 12.7. The molecular formula is C25H33N3O6S. The summed E-state index contributed by atoms with van der Waals surface area (Å²) in [5.74, 6) is -1.71. The maximum Gasteiger partial charge on any atom is 0.408 e. The molecular weight excluding hydrogens is 470 g/mol. The lowest BCUT2D eigenvalue weighted by atomic mass is 10.0. The second kappa shape index (κ2) is 12.3. The normalized spacial score (nSPS) is 12.9. The van der Waals surface area contributed by atoms with E-state index in [9.17, 15) is 19.2 Å². The van der Waals surface area contributed by atoms with E-state index in [0.717, 1.165) is 16.9 Å². The lowest BCUT2D eigenvalue weighted by Crippen LogP contribution is -2.54. The van der Waals surface area contributed by atoms with Crippen LogP contribution in [0, 0.1) is 5.92 Å². The molecule has 190 valence electrons. The van der Waals surface area contributed by atoms with Crippen molar-refractivity contribution in [2.45, 2.75) is 65.8 Å². The number of nitrogens with one attached hydrogen (secondary N) is 3. The molecule has 1 heterocycles. The molecule has 35 heavy (non-hydrogen) atoms. The van der Waals surface area contributed by atoms with E-state index in [1.165, 1.54) is 6.92 Å². The smallest absolute Gasteiger partial charge is 0.408 e. The molecule has 10 heteroatoms. The molecule has 1 aromatic heterocycles. The number of hydrogen-bond donors (Lipinski definition) is 3. The molecule has 0 aliphatic heterocycles. The van der Waals surface area contributed by atoms with Crippen LogP contribution in [-0.4, -0.2) is 41.6 Å². The molecule has 9 nitrogen and oxygen atoms in total. The first-order valence-corrected chi connectivity index (χ1v) is 12.1. The highest BCUT2D eigenvalue weighted by Crippen LogP contribution is 2.23. The van der Waals surface area contributed by atoms with Crippen LogP contribution >= 0.6 is 11.3 Å². The number of anilines is 1. The van der Waals surface area contributed by atoms with Crippen LogP contribution in [-0.2, 0) is 25.7 Å². The van der Waals surface area contributed by atoms with Crippen LogP contribution < -0.4 is 16.0 Å². The fraction of sp³-hybridized carbons (Fsp3) is 0.440. The van der Waals surface area contributed by atoms with E-state index >= 15 is 0 Å². The Labute approximate surface area is 209 Å². The predicted molar refractivity (Wildman–Crippen MR) is 134 cm³/mol. The largest absolute Gasteiger partial charge is 0.457 e. The zero-order chi connectivity index (χ0) is 26.2. The number of hydrogen-bond acceptors (Lipinski definition) is 7. The highest BCUT2D eigenvalue weighted by atomic mass is 32.1. The summed E-state index contributed by atoms with van der Waals surface area (Å²) in [6.07, 6.45) is -0.714. The van der Waals surface area contributed by atoms with Gasteiger partial charge in [0.05, 0.1) is 5.00 Å². The Morgan fingerprint density at radius 2 is 1.57 bits per heavy atom. The number of carbonyl (C=O) groups is 4. The van der Waals surface area contributed by atoms with E-state index in [0.29, 0.717) is 9.88 Å². The SMILES string of the molecule is CC(C)[C@H](NC(=O)OC(C)(C)C)C(=O)N[C@@H](C)C(=O)Nc1ccc(C(=O)OCc2ccccc2)s1. The molecule has 0 saturated carbocycles. The summed E-state index contributed by atoms with van der Waals surface area (Å²) in [6.45, 7) is 10.4. The van der Waals surface area contributed by atoms with Crippen LogP contribution in [0.4, 0.5) is 9.80 Å². The van der Waals surface area contributed by atoms with Crippen LogP contribution in [0.25, 0.3) is 0 Å². The van der Waals surface area contributed by atoms with E-state index in [2.05, 4.69) is 16.0 Å². The highest BCUT2D eigenvalue weighted by molar-refractivity contribution is 7.18. The number of thiophene rings is 1. The molecule has 0 saturated heterocycles. The number of rotatable bonds is 9. The van der Waals surface area contributed by atoms with Crippen molar-refractivity contribution in [1.29, 1.82) is 0 Å². The van der Waals surface area contributed by atoms with Gasteiger partial charge in [0.15, 0.2) is 0 Å². The van der Waals surface area contributed by atoms with Crippen molar-refractivity contribution in [3.63, 3.8) is 0 Å². The van der Waals surface area contributed by atoms with Gasteiger partial charge in [-0.1, -0.05) is 44.2 Å². The average Bonchev–Trinajstić information content (AvgIpc) is 3.23. The summed E-state index contributed by atoms with van der Waals surface area (Å²) in [5.41, 5.74) is 0.166. The van der Waals surface area contributed by atoms with Crippen molar-refractivity contribution in [3.8, 4) is 0 Å². The Bertz CT molecular complexity index is 1030. The van der Waals surface area contributed by atoms with Gasteiger partial charge in [0, 0.05) is 0 Å². The van der Waals surface area contributed by atoms with Crippen LogP contribution in [0.5, 0.6) is 0 Å². The van der Waals surface area contributed by atoms with E-state index < -0.39 is 41.6 Å². The number of esters is 1. The van der Waals surface area contributed by atoms with Crippen LogP contribution in [0.2, 0.25) is 0 Å². The van der Waals surface area contributed by atoms with Gasteiger partial charge in [-0.15, -0.1) is 11.3 Å². The molecule has 0 aliphatic rings. The van der Waals surface area contributed by atoms with Gasteiger partial charge < -0.3 is 25.4 Å². The van der Waals surface area contributed by atoms with Crippen molar-refractivity contribution in [2.24, 2.45) is 5.92 Å². The Morgan fingerprint density at radius 1 is 0.914 bits per heavy atom. The number of benzene rings is 1. The zero-order valence-electron chi connectivity index (χ0n) is 20.8. The van der Waals surface area contributed by atoms with Crippen molar-refractivity contribution >= 4 is 40.2 Å². The minimum atomic E-state index is -0.889. The molecule has 1 aromatic carbocycles. The minimum absolute atomic E-state index is 0.149. The third-order valence-corrected chi connectivity index (χ3v) is 5.62. The molecule has 2 rings (SSSR count). The maximum atomic E-state index is 12.7. The Balaban J connectivity index is 1.89. The fourth-order valence-electron chi connectivity index (χ4n) is 2.88. The zero-order valence-corrected chi connectivity index (χ0v) is 21.7. The third kappa shape index (κ3) is 9.40. The second-order valence-electron chi connectivity index (χ2n) is 9.31. The number of ether oxygens (including phenoxy) is 2. The lowest BCUT2D eigenvalue weighted by molar-refractivity contribution is -0.128. The average molecular weight is 504 g/mol. The number of carbonyl (C=O) groups excluding carboxylic acids is 4. The molecule has 3 amide bonds. The predicted octanol–water partition coefficient (Wildman–Crippen LogP) is 4.10. The Hall–Kier alpha value is -3.40. The van der Waals surface area contributed by atoms with Gasteiger partial charge in [-0.3, -0.25) is 9.59 Å². The quantitative estimate of drug-likeness (QED) is 0.443. The molecule has 0 unspecified atom stereocenters. The first-order valence-electron chi connectivity index (χ1n) is 11.3. The molecule has 2 aromatic rings. The Kier molecular flexibility index (Phi) is 9.82. The molecule has 0 radical (unpaired) electrons. The summed E-state index contributed by atoms with van der Waals surface area (Å²) < 4.78 is 10.5. The Morgan fingerprint density at radius 3 is 2.17 bits per heavy atom. The van der Waals surface area contributed by atoms with E-state index in [1.54, 1.807) is 46.8 Å². The van der Waals surface area contributed by atoms with Gasteiger partial charge >= 0.3 is 12.1 Å². The van der Waals surface area contributed by atoms with Crippen LogP contribution in [0.3, 0.4) is 0 Å². The van der Waals surface area contributed by atoms with E-state index in [1.807, 2.05) is 30.3 Å². The number of amides is 3. The van der Waals surface area contributed by atoms with Crippen LogP contribution in [0.15, 0.2) is 42.5 Å². The second-order valence-corrected chi connectivity index (χ2v) is 10.4. The van der Waals surface area contributed by atoms with E-state index in [-0.39, 0.29) is 12.5 Å².